The minimum Gasteiger partial charge on any atom is -0.321 e. The molecule has 8 heteroatoms. The fourth-order valence-corrected chi connectivity index (χ4v) is 2.12. The number of aromatic nitrogens is 2. The number of alkyl halides is 3. The van der Waals surface area contributed by atoms with E-state index in [0.717, 1.165) is 30.7 Å². The molecule has 0 aliphatic carbocycles. The number of anilines is 1. The molecule has 4 nitrogen and oxygen atoms in total. The summed E-state index contributed by atoms with van der Waals surface area (Å²) in [5.41, 5.74) is -0.0888. The molecule has 2 N–H and O–H groups in total. The van der Waals surface area contributed by atoms with Gasteiger partial charge in [-0.25, -0.2) is 0 Å². The first-order chi connectivity index (χ1) is 10.3. The maximum atomic E-state index is 12.8. The maximum Gasteiger partial charge on any atom is 0.417 e. The quantitative estimate of drug-likeness (QED) is 0.878. The third kappa shape index (κ3) is 3.79. The van der Waals surface area contributed by atoms with E-state index in [2.05, 4.69) is 15.5 Å². The highest BCUT2D eigenvalue weighted by molar-refractivity contribution is 6.31. The molecule has 0 saturated heterocycles. The number of nitrogens with zero attached hydrogens (tertiary/aromatic N) is 1. The zero-order valence-corrected chi connectivity index (χ0v) is 12.3. The summed E-state index contributed by atoms with van der Waals surface area (Å²) in [6.07, 6.45) is -2.97. The van der Waals surface area contributed by atoms with E-state index in [1.54, 1.807) is 6.07 Å². The Kier molecular flexibility index (Phi) is 4.75. The average Bonchev–Trinajstić information content (AvgIpc) is 2.89. The van der Waals surface area contributed by atoms with Crippen molar-refractivity contribution < 1.29 is 18.0 Å². The summed E-state index contributed by atoms with van der Waals surface area (Å²) in [6, 6.07) is 4.75. The normalized spacial score (nSPS) is 11.5. The number of nitrogens with one attached hydrogen (secondary N) is 2. The topological polar surface area (TPSA) is 57.8 Å². The molecule has 22 heavy (non-hydrogen) atoms. The summed E-state index contributed by atoms with van der Waals surface area (Å²) in [4.78, 5) is 12.0. The lowest BCUT2D eigenvalue weighted by Gasteiger charge is -2.11. The zero-order chi connectivity index (χ0) is 16.3. The van der Waals surface area contributed by atoms with Crippen LogP contribution in [0.1, 0.15) is 35.1 Å². The number of hydrogen-bond acceptors (Lipinski definition) is 2. The van der Waals surface area contributed by atoms with E-state index in [1.807, 2.05) is 6.92 Å². The van der Waals surface area contributed by atoms with Crippen molar-refractivity contribution >= 4 is 23.2 Å². The van der Waals surface area contributed by atoms with Crippen LogP contribution in [0.4, 0.5) is 18.9 Å². The predicted octanol–water partition coefficient (Wildman–Crippen LogP) is 4.29. The number of carbonyl (C=O) groups is 1. The third-order valence-corrected chi connectivity index (χ3v) is 3.24. The van der Waals surface area contributed by atoms with E-state index >= 15 is 0 Å². The molecule has 1 amide bonds. The number of rotatable bonds is 4. The Morgan fingerprint density at radius 3 is 2.73 bits per heavy atom. The summed E-state index contributed by atoms with van der Waals surface area (Å²) >= 11 is 5.52. The number of amides is 1. The Morgan fingerprint density at radius 2 is 2.09 bits per heavy atom. The minimum absolute atomic E-state index is 0.00164. The predicted molar refractivity (Wildman–Crippen MR) is 77.0 cm³/mol. The zero-order valence-electron chi connectivity index (χ0n) is 11.6. The summed E-state index contributed by atoms with van der Waals surface area (Å²) in [5, 5.41) is 8.49. The molecule has 1 heterocycles. The van der Waals surface area contributed by atoms with Gasteiger partial charge in [0.25, 0.3) is 5.91 Å². The van der Waals surface area contributed by atoms with Crippen molar-refractivity contribution in [2.45, 2.75) is 25.9 Å². The van der Waals surface area contributed by atoms with E-state index in [9.17, 15) is 18.0 Å². The number of hydrogen-bond donors (Lipinski definition) is 2. The molecule has 118 valence electrons. The Bertz CT molecular complexity index is 682. The summed E-state index contributed by atoms with van der Waals surface area (Å²) in [5.74, 6) is -0.589. The Morgan fingerprint density at radius 1 is 1.36 bits per heavy atom. The molecule has 0 fully saturated rings. The van der Waals surface area contributed by atoms with Crippen LogP contribution in [-0.4, -0.2) is 16.1 Å². The fourth-order valence-electron chi connectivity index (χ4n) is 1.89. The third-order valence-electron chi connectivity index (χ3n) is 2.91. The number of halogens is 4. The van der Waals surface area contributed by atoms with E-state index in [0.29, 0.717) is 0 Å². The number of benzene rings is 1. The van der Waals surface area contributed by atoms with Crippen molar-refractivity contribution in [1.29, 1.82) is 0 Å². The van der Waals surface area contributed by atoms with Gasteiger partial charge in [0.05, 0.1) is 10.6 Å². The van der Waals surface area contributed by atoms with Crippen LogP contribution >= 0.6 is 11.6 Å². The summed E-state index contributed by atoms with van der Waals surface area (Å²) < 4.78 is 38.3. The Balaban J connectivity index is 2.17. The van der Waals surface area contributed by atoms with Crippen molar-refractivity contribution in [2.24, 2.45) is 0 Å². The van der Waals surface area contributed by atoms with Crippen LogP contribution in [-0.2, 0) is 12.6 Å². The Hall–Kier alpha value is -2.02. The smallest absolute Gasteiger partial charge is 0.321 e. The molecule has 1 aromatic carbocycles. The van der Waals surface area contributed by atoms with Gasteiger partial charge in [0.15, 0.2) is 5.69 Å². The molecule has 0 radical (unpaired) electrons. The van der Waals surface area contributed by atoms with Gasteiger partial charge in [0, 0.05) is 11.4 Å². The lowest BCUT2D eigenvalue weighted by Crippen LogP contribution is -2.14. The summed E-state index contributed by atoms with van der Waals surface area (Å²) in [6.45, 7) is 1.98. The van der Waals surface area contributed by atoms with Crippen LogP contribution in [0.25, 0.3) is 0 Å². The van der Waals surface area contributed by atoms with Crippen molar-refractivity contribution in [1.82, 2.24) is 10.2 Å². The second kappa shape index (κ2) is 6.39. The SMILES string of the molecule is CCCc1cc(C(=O)Nc2ccc(Cl)c(C(F)(F)F)c2)n[nH]1. The first kappa shape index (κ1) is 16.4. The van der Waals surface area contributed by atoms with Gasteiger partial charge in [0.1, 0.15) is 0 Å². The molecule has 0 spiro atoms. The summed E-state index contributed by atoms with van der Waals surface area (Å²) in [7, 11) is 0. The Labute approximate surface area is 129 Å². The van der Waals surface area contributed by atoms with Gasteiger partial charge < -0.3 is 5.32 Å². The van der Waals surface area contributed by atoms with Crippen LogP contribution in [0.5, 0.6) is 0 Å². The molecule has 0 aliphatic heterocycles. The number of aryl methyl sites for hydroxylation is 1. The molecule has 0 atom stereocenters. The standard InChI is InChI=1S/C14H13ClF3N3O/c1-2-3-9-7-12(21-20-9)13(22)19-8-4-5-11(15)10(6-8)14(16,17)18/h4-7H,2-3H2,1H3,(H,19,22)(H,20,21). The molecule has 0 aliphatic rings. The lowest BCUT2D eigenvalue weighted by atomic mass is 10.2. The second-order valence-corrected chi connectivity index (χ2v) is 5.08. The second-order valence-electron chi connectivity index (χ2n) is 4.67. The maximum absolute atomic E-state index is 12.8. The van der Waals surface area contributed by atoms with Crippen molar-refractivity contribution in [3.05, 3.63) is 46.2 Å². The molecular formula is C14H13ClF3N3O. The average molecular weight is 332 g/mol. The van der Waals surface area contributed by atoms with Crippen LogP contribution in [0.2, 0.25) is 5.02 Å². The van der Waals surface area contributed by atoms with Gasteiger partial charge in [-0.15, -0.1) is 0 Å². The monoisotopic (exact) mass is 331 g/mol. The molecule has 2 aromatic rings. The molecular weight excluding hydrogens is 319 g/mol. The van der Waals surface area contributed by atoms with Crippen LogP contribution in [0.15, 0.2) is 24.3 Å². The highest BCUT2D eigenvalue weighted by Crippen LogP contribution is 2.36. The first-order valence-corrected chi connectivity index (χ1v) is 6.91. The van der Waals surface area contributed by atoms with Crippen molar-refractivity contribution in [2.75, 3.05) is 5.32 Å². The van der Waals surface area contributed by atoms with Crippen molar-refractivity contribution in [3.63, 3.8) is 0 Å². The lowest BCUT2D eigenvalue weighted by molar-refractivity contribution is -0.137. The number of aromatic amines is 1. The highest BCUT2D eigenvalue weighted by Gasteiger charge is 2.33. The van der Waals surface area contributed by atoms with Crippen LogP contribution < -0.4 is 5.32 Å². The molecule has 1 aromatic heterocycles. The van der Waals surface area contributed by atoms with E-state index in [-0.39, 0.29) is 11.4 Å². The van der Waals surface area contributed by atoms with Gasteiger partial charge in [-0.3, -0.25) is 9.89 Å². The van der Waals surface area contributed by atoms with Gasteiger partial charge in [-0.1, -0.05) is 24.9 Å². The minimum atomic E-state index is -4.58. The molecule has 0 bridgehead atoms. The van der Waals surface area contributed by atoms with Crippen LogP contribution in [0, 0.1) is 0 Å². The fraction of sp³-hybridized carbons (Fsp3) is 0.286. The molecule has 2 rings (SSSR count). The first-order valence-electron chi connectivity index (χ1n) is 6.53. The van der Waals surface area contributed by atoms with E-state index in [1.165, 1.54) is 6.07 Å². The van der Waals surface area contributed by atoms with E-state index < -0.39 is 22.7 Å². The van der Waals surface area contributed by atoms with Gasteiger partial charge in [0.2, 0.25) is 0 Å². The van der Waals surface area contributed by atoms with Crippen LogP contribution in [0.3, 0.4) is 0 Å². The molecule has 0 unspecified atom stereocenters. The number of H-pyrrole nitrogens is 1. The van der Waals surface area contributed by atoms with Gasteiger partial charge >= 0.3 is 6.18 Å². The van der Waals surface area contributed by atoms with Gasteiger partial charge in [-0.2, -0.15) is 18.3 Å². The van der Waals surface area contributed by atoms with Crippen molar-refractivity contribution in [3.8, 4) is 0 Å². The largest absolute Gasteiger partial charge is 0.417 e. The highest BCUT2D eigenvalue weighted by atomic mass is 35.5. The van der Waals surface area contributed by atoms with E-state index in [4.69, 9.17) is 11.6 Å². The number of carbonyl (C=O) groups excluding carboxylic acids is 1. The van der Waals surface area contributed by atoms with Gasteiger partial charge in [-0.05, 0) is 30.7 Å². The molecule has 0 saturated carbocycles.